The number of carbonyl (C=O) groups is 1. The van der Waals surface area contributed by atoms with Crippen LogP contribution in [0.2, 0.25) is 10.0 Å². The molecule has 0 aliphatic heterocycles. The first-order valence-electron chi connectivity index (χ1n) is 7.01. The molecule has 1 unspecified atom stereocenters. The van der Waals surface area contributed by atoms with Crippen LogP contribution in [0.25, 0.3) is 0 Å². The maximum Gasteiger partial charge on any atom is 0.265 e. The fourth-order valence-corrected chi connectivity index (χ4v) is 2.18. The lowest BCUT2D eigenvalue weighted by atomic mass is 10.2. The molecule has 0 aliphatic rings. The zero-order valence-electron chi connectivity index (χ0n) is 12.4. The van der Waals surface area contributed by atoms with Crippen molar-refractivity contribution in [1.29, 1.82) is 0 Å². The molecule has 0 saturated heterocycles. The van der Waals surface area contributed by atoms with Crippen LogP contribution in [0.4, 0.5) is 5.69 Å². The summed E-state index contributed by atoms with van der Waals surface area (Å²) in [7, 11) is 0. The van der Waals surface area contributed by atoms with Crippen LogP contribution in [0.15, 0.2) is 42.5 Å². The lowest BCUT2D eigenvalue weighted by Crippen LogP contribution is -2.30. The zero-order valence-corrected chi connectivity index (χ0v) is 13.9. The third-order valence-corrected chi connectivity index (χ3v) is 3.94. The van der Waals surface area contributed by atoms with Gasteiger partial charge in [0.25, 0.3) is 5.91 Å². The summed E-state index contributed by atoms with van der Waals surface area (Å²) in [4.78, 5) is 12.1. The van der Waals surface area contributed by atoms with E-state index in [1.54, 1.807) is 25.1 Å². The molecule has 0 bridgehead atoms. The molecule has 0 saturated carbocycles. The Kier molecular flexibility index (Phi) is 5.69. The molecule has 0 radical (unpaired) electrons. The average Bonchev–Trinajstić information content (AvgIpc) is 2.51. The lowest BCUT2D eigenvalue weighted by Gasteiger charge is -2.15. The van der Waals surface area contributed by atoms with E-state index in [2.05, 4.69) is 12.2 Å². The Labute approximate surface area is 140 Å². The van der Waals surface area contributed by atoms with Crippen molar-refractivity contribution in [1.82, 2.24) is 0 Å². The van der Waals surface area contributed by atoms with Crippen molar-refractivity contribution >= 4 is 34.8 Å². The summed E-state index contributed by atoms with van der Waals surface area (Å²) in [5.41, 5.74) is 1.80. The molecule has 1 amide bonds. The van der Waals surface area contributed by atoms with Crippen LogP contribution in [0.5, 0.6) is 5.75 Å². The first-order chi connectivity index (χ1) is 10.5. The zero-order chi connectivity index (χ0) is 16.1. The normalized spacial score (nSPS) is 11.8. The molecule has 1 atom stereocenters. The van der Waals surface area contributed by atoms with Gasteiger partial charge in [0.1, 0.15) is 5.75 Å². The summed E-state index contributed by atoms with van der Waals surface area (Å²) in [6.07, 6.45) is 0.343. The van der Waals surface area contributed by atoms with Gasteiger partial charge < -0.3 is 10.1 Å². The van der Waals surface area contributed by atoms with E-state index in [0.717, 1.165) is 6.42 Å². The van der Waals surface area contributed by atoms with Crippen LogP contribution >= 0.6 is 23.2 Å². The van der Waals surface area contributed by atoms with Gasteiger partial charge >= 0.3 is 0 Å². The number of anilines is 1. The fraction of sp³-hybridized carbons (Fsp3) is 0.235. The molecule has 0 heterocycles. The van der Waals surface area contributed by atoms with Crippen LogP contribution in [-0.2, 0) is 11.2 Å². The van der Waals surface area contributed by atoms with Crippen molar-refractivity contribution in [3.8, 4) is 5.75 Å². The van der Waals surface area contributed by atoms with Crippen molar-refractivity contribution in [3.05, 3.63) is 58.1 Å². The van der Waals surface area contributed by atoms with Gasteiger partial charge in [-0.2, -0.15) is 0 Å². The van der Waals surface area contributed by atoms with Gasteiger partial charge in [-0.05, 0) is 49.2 Å². The van der Waals surface area contributed by atoms with Crippen LogP contribution in [0.3, 0.4) is 0 Å². The number of hydrogen-bond donors (Lipinski definition) is 1. The topological polar surface area (TPSA) is 38.3 Å². The Bertz CT molecular complexity index is 656. The van der Waals surface area contributed by atoms with E-state index < -0.39 is 6.10 Å². The molecule has 5 heteroatoms. The van der Waals surface area contributed by atoms with Crippen molar-refractivity contribution < 1.29 is 9.53 Å². The molecular weight excluding hydrogens is 321 g/mol. The largest absolute Gasteiger partial charge is 0.481 e. The molecule has 2 rings (SSSR count). The number of halogens is 2. The van der Waals surface area contributed by atoms with E-state index in [0.29, 0.717) is 21.5 Å². The molecule has 0 aromatic heterocycles. The molecule has 3 nitrogen and oxygen atoms in total. The highest BCUT2D eigenvalue weighted by Gasteiger charge is 2.15. The van der Waals surface area contributed by atoms with Gasteiger partial charge in [-0.3, -0.25) is 4.79 Å². The summed E-state index contributed by atoms with van der Waals surface area (Å²) < 4.78 is 5.63. The highest BCUT2D eigenvalue weighted by molar-refractivity contribution is 6.42. The molecule has 2 aromatic carbocycles. The number of rotatable bonds is 5. The third kappa shape index (κ3) is 4.39. The maximum atomic E-state index is 12.1. The van der Waals surface area contributed by atoms with Gasteiger partial charge in [-0.1, -0.05) is 42.3 Å². The highest BCUT2D eigenvalue weighted by atomic mass is 35.5. The van der Waals surface area contributed by atoms with Crippen molar-refractivity contribution in [2.24, 2.45) is 0 Å². The summed E-state index contributed by atoms with van der Waals surface area (Å²) in [5, 5.41) is 3.58. The lowest BCUT2D eigenvalue weighted by molar-refractivity contribution is -0.122. The van der Waals surface area contributed by atoms with E-state index in [1.807, 2.05) is 24.3 Å². The van der Waals surface area contributed by atoms with Crippen molar-refractivity contribution in [2.75, 3.05) is 5.32 Å². The Balaban J connectivity index is 1.97. The molecular formula is C17H17Cl2NO2. The molecule has 22 heavy (non-hydrogen) atoms. The minimum absolute atomic E-state index is 0.252. The molecule has 0 spiro atoms. The Morgan fingerprint density at radius 2 is 1.82 bits per heavy atom. The van der Waals surface area contributed by atoms with Crippen molar-refractivity contribution in [3.63, 3.8) is 0 Å². The smallest absolute Gasteiger partial charge is 0.265 e. The minimum atomic E-state index is -0.623. The predicted octanol–water partition coefficient (Wildman–Crippen LogP) is 4.96. The second-order valence-corrected chi connectivity index (χ2v) is 5.69. The van der Waals surface area contributed by atoms with Gasteiger partial charge in [0.2, 0.25) is 0 Å². The first-order valence-corrected chi connectivity index (χ1v) is 7.76. The van der Waals surface area contributed by atoms with Crippen LogP contribution < -0.4 is 10.1 Å². The minimum Gasteiger partial charge on any atom is -0.481 e. The molecule has 1 N–H and O–H groups in total. The van der Waals surface area contributed by atoms with E-state index in [4.69, 9.17) is 27.9 Å². The number of nitrogens with one attached hydrogen (secondary N) is 1. The molecule has 0 fully saturated rings. The summed E-state index contributed by atoms with van der Waals surface area (Å²) in [6.45, 7) is 3.78. The number of amides is 1. The number of benzene rings is 2. The Hall–Kier alpha value is -1.71. The average molecular weight is 338 g/mol. The predicted molar refractivity (Wildman–Crippen MR) is 91.0 cm³/mol. The second-order valence-electron chi connectivity index (χ2n) is 4.88. The number of ether oxygens (including phenoxy) is 1. The quantitative estimate of drug-likeness (QED) is 0.837. The van der Waals surface area contributed by atoms with Gasteiger partial charge in [0.15, 0.2) is 6.10 Å². The third-order valence-electron chi connectivity index (χ3n) is 3.20. The van der Waals surface area contributed by atoms with E-state index in [1.165, 1.54) is 5.56 Å². The van der Waals surface area contributed by atoms with Gasteiger partial charge in [-0.15, -0.1) is 0 Å². The number of hydrogen-bond acceptors (Lipinski definition) is 2. The van der Waals surface area contributed by atoms with Crippen LogP contribution in [0.1, 0.15) is 19.4 Å². The maximum absolute atomic E-state index is 12.1. The Morgan fingerprint density at radius 1 is 1.14 bits per heavy atom. The first kappa shape index (κ1) is 16.7. The van der Waals surface area contributed by atoms with Crippen molar-refractivity contribution in [2.45, 2.75) is 26.4 Å². The van der Waals surface area contributed by atoms with Gasteiger partial charge in [0.05, 0.1) is 10.0 Å². The number of carbonyl (C=O) groups excluding carboxylic acids is 1. The summed E-state index contributed by atoms with van der Waals surface area (Å²) in [6, 6.07) is 12.6. The molecule has 0 aliphatic carbocycles. The van der Waals surface area contributed by atoms with Gasteiger partial charge in [-0.25, -0.2) is 0 Å². The standard InChI is InChI=1S/C17H17Cl2NO2/c1-3-12-4-7-14(8-5-12)22-11(2)17(21)20-13-6-9-15(18)16(19)10-13/h4-11H,3H2,1-2H3,(H,20,21). The summed E-state index contributed by atoms with van der Waals surface area (Å²) >= 11 is 11.8. The molecule has 116 valence electrons. The monoisotopic (exact) mass is 337 g/mol. The highest BCUT2D eigenvalue weighted by Crippen LogP contribution is 2.25. The fourth-order valence-electron chi connectivity index (χ4n) is 1.88. The van der Waals surface area contributed by atoms with Gasteiger partial charge in [0, 0.05) is 5.69 Å². The second kappa shape index (κ2) is 7.52. The SMILES string of the molecule is CCc1ccc(OC(C)C(=O)Nc2ccc(Cl)c(Cl)c2)cc1. The van der Waals surface area contributed by atoms with Crippen LogP contribution in [0, 0.1) is 0 Å². The molecule has 2 aromatic rings. The van der Waals surface area contributed by atoms with E-state index in [9.17, 15) is 4.79 Å². The van der Waals surface area contributed by atoms with Crippen LogP contribution in [-0.4, -0.2) is 12.0 Å². The number of aryl methyl sites for hydroxylation is 1. The van der Waals surface area contributed by atoms with E-state index >= 15 is 0 Å². The summed E-state index contributed by atoms with van der Waals surface area (Å²) in [5.74, 6) is 0.409. The Morgan fingerprint density at radius 3 is 2.41 bits per heavy atom. The van der Waals surface area contributed by atoms with E-state index in [-0.39, 0.29) is 5.91 Å².